The molecule has 0 aliphatic rings. The minimum atomic E-state index is -0.530. The summed E-state index contributed by atoms with van der Waals surface area (Å²) < 4.78 is 5.00. The van der Waals surface area contributed by atoms with Crippen molar-refractivity contribution >= 4 is 29.5 Å². The van der Waals surface area contributed by atoms with Crippen LogP contribution >= 0.6 is 0 Å². The first-order chi connectivity index (χ1) is 16.1. The van der Waals surface area contributed by atoms with Crippen LogP contribution in [0.2, 0.25) is 0 Å². The second-order valence-corrected chi connectivity index (χ2v) is 6.93. The summed E-state index contributed by atoms with van der Waals surface area (Å²) in [6, 6.07) is 24.6. The second-order valence-electron chi connectivity index (χ2n) is 6.93. The van der Waals surface area contributed by atoms with Gasteiger partial charge < -0.3 is 15.4 Å². The van der Waals surface area contributed by atoms with E-state index in [0.717, 1.165) is 5.56 Å². The number of benzene rings is 3. The van der Waals surface area contributed by atoms with E-state index in [1.165, 1.54) is 12.1 Å². The number of hydrogen-bond donors (Lipinski definition) is 2. The lowest BCUT2D eigenvalue weighted by atomic mass is 10.2. The van der Waals surface area contributed by atoms with Crippen LogP contribution in [-0.4, -0.2) is 24.4 Å². The number of rotatable bonds is 8. The number of amides is 2. The van der Waals surface area contributed by atoms with Crippen molar-refractivity contribution < 1.29 is 19.1 Å². The maximum atomic E-state index is 13.0. The largest absolute Gasteiger partial charge is 0.462 e. The van der Waals surface area contributed by atoms with Crippen LogP contribution in [0.4, 0.5) is 5.69 Å². The van der Waals surface area contributed by atoms with E-state index in [0.29, 0.717) is 16.8 Å². The number of carbonyl (C=O) groups is 3. The van der Waals surface area contributed by atoms with E-state index >= 15 is 0 Å². The molecule has 0 aromatic heterocycles. The van der Waals surface area contributed by atoms with Gasteiger partial charge in [0.1, 0.15) is 5.70 Å². The minimum Gasteiger partial charge on any atom is -0.462 e. The van der Waals surface area contributed by atoms with Crippen LogP contribution in [0.15, 0.2) is 103 Å². The second kappa shape index (κ2) is 11.8. The molecule has 0 aliphatic heterocycles. The molecule has 33 heavy (non-hydrogen) atoms. The number of ether oxygens (including phenoxy) is 1. The van der Waals surface area contributed by atoms with Crippen LogP contribution < -0.4 is 10.6 Å². The summed E-state index contributed by atoms with van der Waals surface area (Å²) in [6.07, 6.45) is 5.03. The molecule has 0 heterocycles. The van der Waals surface area contributed by atoms with Crippen molar-refractivity contribution in [3.05, 3.63) is 119 Å². The summed E-state index contributed by atoms with van der Waals surface area (Å²) in [5.74, 6) is -1.42. The monoisotopic (exact) mass is 440 g/mol. The van der Waals surface area contributed by atoms with Gasteiger partial charge in [-0.2, -0.15) is 0 Å². The molecule has 0 unspecified atom stereocenters. The first-order valence-corrected chi connectivity index (χ1v) is 10.4. The van der Waals surface area contributed by atoms with Gasteiger partial charge in [-0.1, -0.05) is 66.7 Å². The molecular weight excluding hydrogens is 416 g/mol. The number of hydrogen-bond acceptors (Lipinski definition) is 4. The first-order valence-electron chi connectivity index (χ1n) is 10.4. The molecule has 0 fully saturated rings. The van der Waals surface area contributed by atoms with Crippen molar-refractivity contribution in [1.29, 1.82) is 0 Å². The average Bonchev–Trinajstić information content (AvgIpc) is 2.85. The molecule has 3 aromatic rings. The Labute approximate surface area is 192 Å². The highest BCUT2D eigenvalue weighted by molar-refractivity contribution is 6.08. The van der Waals surface area contributed by atoms with Crippen LogP contribution in [0.1, 0.15) is 33.2 Å². The average molecular weight is 440 g/mol. The van der Waals surface area contributed by atoms with Crippen LogP contribution in [0.3, 0.4) is 0 Å². The van der Waals surface area contributed by atoms with Crippen LogP contribution in [-0.2, 0) is 9.53 Å². The van der Waals surface area contributed by atoms with Gasteiger partial charge in [-0.3, -0.25) is 9.59 Å². The smallest absolute Gasteiger partial charge is 0.338 e. The summed E-state index contributed by atoms with van der Waals surface area (Å²) in [6.45, 7) is 1.97. The number of nitrogens with one attached hydrogen (secondary N) is 2. The maximum absolute atomic E-state index is 13.0. The lowest BCUT2D eigenvalue weighted by molar-refractivity contribution is -0.113. The summed E-state index contributed by atoms with van der Waals surface area (Å²) in [5.41, 5.74) is 2.14. The number of anilines is 1. The zero-order chi connectivity index (χ0) is 23.5. The van der Waals surface area contributed by atoms with Crippen molar-refractivity contribution in [2.24, 2.45) is 0 Å². The normalized spacial score (nSPS) is 11.1. The predicted octanol–water partition coefficient (Wildman–Crippen LogP) is 4.83. The highest BCUT2D eigenvalue weighted by atomic mass is 16.5. The molecule has 0 spiro atoms. The Kier molecular flexibility index (Phi) is 8.31. The van der Waals surface area contributed by atoms with E-state index in [1.54, 1.807) is 61.5 Å². The lowest BCUT2D eigenvalue weighted by Gasteiger charge is -2.11. The lowest BCUT2D eigenvalue weighted by Crippen LogP contribution is -2.30. The topological polar surface area (TPSA) is 84.5 Å². The third-order valence-corrected chi connectivity index (χ3v) is 4.51. The third-order valence-electron chi connectivity index (χ3n) is 4.51. The molecular formula is C27H24N2O4. The van der Waals surface area contributed by atoms with Crippen molar-refractivity contribution in [2.45, 2.75) is 6.92 Å². The van der Waals surface area contributed by atoms with Crippen molar-refractivity contribution in [3.63, 3.8) is 0 Å². The van der Waals surface area contributed by atoms with Gasteiger partial charge in [0.15, 0.2) is 0 Å². The highest BCUT2D eigenvalue weighted by Gasteiger charge is 2.15. The van der Waals surface area contributed by atoms with Crippen molar-refractivity contribution in [2.75, 3.05) is 11.9 Å². The van der Waals surface area contributed by atoms with Gasteiger partial charge in [-0.05, 0) is 48.9 Å². The summed E-state index contributed by atoms with van der Waals surface area (Å²) in [4.78, 5) is 37.6. The van der Waals surface area contributed by atoms with Gasteiger partial charge in [0.2, 0.25) is 0 Å². The summed E-state index contributed by atoms with van der Waals surface area (Å²) in [7, 11) is 0. The molecule has 2 amide bonds. The van der Waals surface area contributed by atoms with E-state index in [2.05, 4.69) is 10.6 Å². The van der Waals surface area contributed by atoms with Crippen molar-refractivity contribution in [1.82, 2.24) is 5.32 Å². The van der Waals surface area contributed by atoms with Gasteiger partial charge in [0, 0.05) is 11.3 Å². The van der Waals surface area contributed by atoms with Gasteiger partial charge in [0.25, 0.3) is 11.8 Å². The Morgan fingerprint density at radius 3 is 2.21 bits per heavy atom. The Balaban J connectivity index is 1.82. The molecule has 6 heteroatoms. The fourth-order valence-corrected chi connectivity index (χ4v) is 2.91. The van der Waals surface area contributed by atoms with Gasteiger partial charge in [-0.25, -0.2) is 4.79 Å². The Morgan fingerprint density at radius 1 is 0.848 bits per heavy atom. The molecule has 166 valence electrons. The number of carbonyl (C=O) groups excluding carboxylic acids is 3. The molecule has 3 aromatic carbocycles. The van der Waals surface area contributed by atoms with Gasteiger partial charge in [0.05, 0.1) is 12.2 Å². The molecule has 3 rings (SSSR count). The zero-order valence-electron chi connectivity index (χ0n) is 18.2. The Hall–Kier alpha value is -4.45. The van der Waals surface area contributed by atoms with E-state index < -0.39 is 17.8 Å². The Morgan fingerprint density at radius 2 is 1.52 bits per heavy atom. The standard InChI is InChI=1S/C27H24N2O4/c1-2-33-27(32)22-16-10-17-23(19-22)28-26(31)24(18-9-13-20-11-5-3-6-12-20)29-25(30)21-14-7-4-8-15-21/h3-19H,2H2,1H3,(H,28,31)(H,29,30)/b13-9+,24-18+. The number of esters is 1. The van der Waals surface area contributed by atoms with E-state index in [9.17, 15) is 14.4 Å². The predicted molar refractivity (Wildman–Crippen MR) is 128 cm³/mol. The highest BCUT2D eigenvalue weighted by Crippen LogP contribution is 2.13. The van der Waals surface area contributed by atoms with Crippen LogP contribution in [0, 0.1) is 0 Å². The first kappa shape index (κ1) is 23.2. The molecule has 0 bridgehead atoms. The molecule has 0 radical (unpaired) electrons. The third kappa shape index (κ3) is 7.04. The molecule has 0 aliphatic carbocycles. The van der Waals surface area contributed by atoms with E-state index in [4.69, 9.17) is 4.74 Å². The minimum absolute atomic E-state index is 0.0533. The fraction of sp³-hybridized carbons (Fsp3) is 0.0741. The van der Waals surface area contributed by atoms with Gasteiger partial charge in [-0.15, -0.1) is 0 Å². The molecule has 0 saturated carbocycles. The van der Waals surface area contributed by atoms with Crippen LogP contribution in [0.25, 0.3) is 6.08 Å². The summed E-state index contributed by atoms with van der Waals surface area (Å²) >= 11 is 0. The van der Waals surface area contributed by atoms with Gasteiger partial charge >= 0.3 is 5.97 Å². The molecule has 2 N–H and O–H groups in total. The van der Waals surface area contributed by atoms with E-state index in [-0.39, 0.29) is 12.3 Å². The molecule has 0 atom stereocenters. The summed E-state index contributed by atoms with van der Waals surface area (Å²) in [5, 5.41) is 5.39. The molecule has 6 nitrogen and oxygen atoms in total. The Bertz CT molecular complexity index is 1170. The van der Waals surface area contributed by atoms with Crippen LogP contribution in [0.5, 0.6) is 0 Å². The van der Waals surface area contributed by atoms with E-state index in [1.807, 2.05) is 36.4 Å². The number of allylic oxidation sites excluding steroid dienone is 2. The maximum Gasteiger partial charge on any atom is 0.338 e. The quantitative estimate of drug-likeness (QED) is 0.299. The molecule has 0 saturated heterocycles. The SMILES string of the molecule is CCOC(=O)c1cccc(NC(=O)/C(=C\C=C\c2ccccc2)NC(=O)c2ccccc2)c1. The fourth-order valence-electron chi connectivity index (χ4n) is 2.91. The van der Waals surface area contributed by atoms with Crippen molar-refractivity contribution in [3.8, 4) is 0 Å². The zero-order valence-corrected chi connectivity index (χ0v) is 18.2.